The Balaban J connectivity index is 1.54. The van der Waals surface area contributed by atoms with Gasteiger partial charge in [-0.05, 0) is 30.5 Å². The molecule has 37 heavy (non-hydrogen) atoms. The molecule has 0 aliphatic carbocycles. The lowest BCUT2D eigenvalue weighted by Crippen LogP contribution is -2.57. The summed E-state index contributed by atoms with van der Waals surface area (Å²) in [5.41, 5.74) is 8.49. The van der Waals surface area contributed by atoms with E-state index in [-0.39, 0.29) is 12.8 Å². The van der Waals surface area contributed by atoms with Crippen LogP contribution in [-0.2, 0) is 32.0 Å². The van der Waals surface area contributed by atoms with Crippen molar-refractivity contribution < 1.29 is 29.4 Å². The van der Waals surface area contributed by atoms with Crippen molar-refractivity contribution in [2.24, 2.45) is 5.73 Å². The highest BCUT2D eigenvalue weighted by Crippen LogP contribution is 2.18. The first kappa shape index (κ1) is 27.4. The maximum atomic E-state index is 12.6. The van der Waals surface area contributed by atoms with Gasteiger partial charge in [0.1, 0.15) is 18.1 Å². The minimum atomic E-state index is -1.35. The molecule has 1 heterocycles. The van der Waals surface area contributed by atoms with E-state index in [1.54, 1.807) is 36.5 Å². The summed E-state index contributed by atoms with van der Waals surface area (Å²) in [6.07, 6.45) is 2.02. The van der Waals surface area contributed by atoms with Gasteiger partial charge in [-0.25, -0.2) is 4.79 Å². The Morgan fingerprint density at radius 3 is 2.19 bits per heavy atom. The molecular weight excluding hydrogens is 478 g/mol. The summed E-state index contributed by atoms with van der Waals surface area (Å²) in [5.74, 6) is -3.41. The molecule has 4 atom stereocenters. The lowest BCUT2D eigenvalue weighted by atomic mass is 10.0. The van der Waals surface area contributed by atoms with Crippen LogP contribution in [0.1, 0.15) is 18.1 Å². The third-order valence-corrected chi connectivity index (χ3v) is 5.92. The molecule has 0 saturated carbocycles. The second-order valence-electron chi connectivity index (χ2n) is 8.73. The Kier molecular flexibility index (Phi) is 9.36. The van der Waals surface area contributed by atoms with Crippen LogP contribution in [0.3, 0.4) is 0 Å². The van der Waals surface area contributed by atoms with Crippen LogP contribution in [-0.4, -0.2) is 69.7 Å². The van der Waals surface area contributed by atoms with Crippen LogP contribution in [0.15, 0.2) is 60.8 Å². The van der Waals surface area contributed by atoms with Crippen molar-refractivity contribution in [3.8, 4) is 0 Å². The molecule has 0 fully saturated rings. The number of nitrogens with one attached hydrogen (secondary N) is 4. The van der Waals surface area contributed by atoms with Gasteiger partial charge in [0.2, 0.25) is 17.7 Å². The normalized spacial score (nSPS) is 14.2. The predicted molar refractivity (Wildman–Crippen MR) is 136 cm³/mol. The number of carbonyl (C=O) groups is 4. The highest BCUT2D eigenvalue weighted by Gasteiger charge is 2.28. The summed E-state index contributed by atoms with van der Waals surface area (Å²) in [4.78, 5) is 52.5. The molecule has 196 valence electrons. The van der Waals surface area contributed by atoms with Gasteiger partial charge in [0.05, 0.1) is 12.6 Å². The summed E-state index contributed by atoms with van der Waals surface area (Å²) in [6, 6.07) is 11.7. The van der Waals surface area contributed by atoms with E-state index in [2.05, 4.69) is 20.9 Å². The van der Waals surface area contributed by atoms with E-state index in [4.69, 9.17) is 5.73 Å². The number of rotatable bonds is 12. The van der Waals surface area contributed by atoms with Crippen molar-refractivity contribution in [3.05, 3.63) is 71.9 Å². The number of carboxylic acid groups (broad SMARTS) is 1. The van der Waals surface area contributed by atoms with Gasteiger partial charge in [0.15, 0.2) is 0 Å². The molecule has 3 rings (SSSR count). The van der Waals surface area contributed by atoms with Crippen LogP contribution < -0.4 is 21.7 Å². The smallest absolute Gasteiger partial charge is 0.326 e. The number of nitrogens with two attached hydrogens (primary N) is 1. The molecular formula is C26H31N5O6. The first-order valence-electron chi connectivity index (χ1n) is 11.8. The van der Waals surface area contributed by atoms with E-state index in [9.17, 15) is 29.4 Å². The SMILES string of the molecule is CC(NC(=O)C(CO)NC(=O)C(N)Cc1c[nH]c2ccccc12)C(=O)NC(Cc1ccccc1)C(=O)O. The van der Waals surface area contributed by atoms with Gasteiger partial charge in [0.25, 0.3) is 0 Å². The maximum Gasteiger partial charge on any atom is 0.326 e. The molecule has 0 aliphatic heterocycles. The molecule has 3 aromatic rings. The summed E-state index contributed by atoms with van der Waals surface area (Å²) in [5, 5.41) is 27.3. The highest BCUT2D eigenvalue weighted by atomic mass is 16.4. The zero-order chi connectivity index (χ0) is 26.9. The van der Waals surface area contributed by atoms with Gasteiger partial charge in [-0.15, -0.1) is 0 Å². The first-order chi connectivity index (χ1) is 17.7. The number of para-hydroxylation sites is 1. The summed E-state index contributed by atoms with van der Waals surface area (Å²) in [6.45, 7) is 0.644. The summed E-state index contributed by atoms with van der Waals surface area (Å²) < 4.78 is 0. The lowest BCUT2D eigenvalue weighted by molar-refractivity contribution is -0.142. The van der Waals surface area contributed by atoms with Crippen LogP contribution in [0.5, 0.6) is 0 Å². The van der Waals surface area contributed by atoms with Crippen molar-refractivity contribution in [1.82, 2.24) is 20.9 Å². The van der Waals surface area contributed by atoms with E-state index >= 15 is 0 Å². The third-order valence-electron chi connectivity index (χ3n) is 5.92. The highest BCUT2D eigenvalue weighted by molar-refractivity contribution is 5.94. The van der Waals surface area contributed by atoms with Gasteiger partial charge in [0, 0.05) is 23.5 Å². The maximum absolute atomic E-state index is 12.6. The van der Waals surface area contributed by atoms with Gasteiger partial charge < -0.3 is 36.9 Å². The lowest BCUT2D eigenvalue weighted by Gasteiger charge is -2.22. The fraction of sp³-hybridized carbons (Fsp3) is 0.308. The van der Waals surface area contributed by atoms with Crippen LogP contribution in [0.2, 0.25) is 0 Å². The number of H-pyrrole nitrogens is 1. The number of amides is 3. The fourth-order valence-corrected chi connectivity index (χ4v) is 3.83. The minimum absolute atomic E-state index is 0.0617. The largest absolute Gasteiger partial charge is 0.480 e. The molecule has 1 aromatic heterocycles. The molecule has 11 heteroatoms. The van der Waals surface area contributed by atoms with Crippen LogP contribution in [0, 0.1) is 0 Å². The van der Waals surface area contributed by atoms with E-state index < -0.39 is 54.5 Å². The predicted octanol–water partition coefficient (Wildman–Crippen LogP) is -0.168. The van der Waals surface area contributed by atoms with Crippen molar-refractivity contribution in [2.45, 2.75) is 43.9 Å². The molecule has 2 aromatic carbocycles. The minimum Gasteiger partial charge on any atom is -0.480 e. The molecule has 0 aliphatic rings. The standard InChI is InChI=1S/C26H31N5O6/c1-15(23(33)30-21(26(36)37)11-16-7-3-2-4-8-16)29-25(35)22(14-32)31-24(34)19(27)12-17-13-28-20-10-6-5-9-18(17)20/h2-10,13,15,19,21-22,28,32H,11-12,14,27H2,1H3,(H,29,35)(H,30,33)(H,31,34)(H,36,37). The second kappa shape index (κ2) is 12.7. The molecule has 3 amide bonds. The first-order valence-corrected chi connectivity index (χ1v) is 11.8. The third kappa shape index (κ3) is 7.38. The average Bonchev–Trinajstić information content (AvgIpc) is 3.29. The van der Waals surface area contributed by atoms with Gasteiger partial charge in [-0.3, -0.25) is 14.4 Å². The van der Waals surface area contributed by atoms with Crippen molar-refractivity contribution >= 4 is 34.6 Å². The topological polar surface area (TPSA) is 187 Å². The Hall–Kier alpha value is -4.22. The van der Waals surface area contributed by atoms with Gasteiger partial charge in [-0.1, -0.05) is 48.5 Å². The molecule has 8 N–H and O–H groups in total. The molecule has 0 spiro atoms. The van der Waals surface area contributed by atoms with E-state index in [1.807, 2.05) is 24.3 Å². The van der Waals surface area contributed by atoms with Gasteiger partial charge >= 0.3 is 5.97 Å². The number of carboxylic acids is 1. The Morgan fingerprint density at radius 2 is 1.51 bits per heavy atom. The number of aromatic nitrogens is 1. The van der Waals surface area contributed by atoms with Crippen molar-refractivity contribution in [3.63, 3.8) is 0 Å². The number of hydrogen-bond acceptors (Lipinski definition) is 6. The summed E-state index contributed by atoms with van der Waals surface area (Å²) >= 11 is 0. The Labute approximate surface area is 213 Å². The Morgan fingerprint density at radius 1 is 0.865 bits per heavy atom. The fourth-order valence-electron chi connectivity index (χ4n) is 3.83. The molecule has 4 unspecified atom stereocenters. The summed E-state index contributed by atoms with van der Waals surface area (Å²) in [7, 11) is 0. The Bertz CT molecular complexity index is 1240. The van der Waals surface area contributed by atoms with Gasteiger partial charge in [-0.2, -0.15) is 0 Å². The van der Waals surface area contributed by atoms with Crippen molar-refractivity contribution in [2.75, 3.05) is 6.61 Å². The zero-order valence-corrected chi connectivity index (χ0v) is 20.3. The number of aliphatic carboxylic acids is 1. The van der Waals surface area contributed by atoms with Crippen molar-refractivity contribution in [1.29, 1.82) is 0 Å². The molecule has 11 nitrogen and oxygen atoms in total. The monoisotopic (exact) mass is 509 g/mol. The number of hydrogen-bond donors (Lipinski definition) is 7. The van der Waals surface area contributed by atoms with E-state index in [0.717, 1.165) is 22.0 Å². The molecule has 0 saturated heterocycles. The van der Waals surface area contributed by atoms with E-state index in [0.29, 0.717) is 0 Å². The number of aliphatic hydroxyl groups is 1. The van der Waals surface area contributed by atoms with Crippen LogP contribution in [0.25, 0.3) is 10.9 Å². The number of aliphatic hydroxyl groups excluding tert-OH is 1. The number of fused-ring (bicyclic) bond motifs is 1. The van der Waals surface area contributed by atoms with Crippen LogP contribution >= 0.6 is 0 Å². The number of aromatic amines is 1. The second-order valence-corrected chi connectivity index (χ2v) is 8.73. The van der Waals surface area contributed by atoms with E-state index in [1.165, 1.54) is 6.92 Å². The zero-order valence-electron chi connectivity index (χ0n) is 20.3. The quantitative estimate of drug-likeness (QED) is 0.177. The molecule has 0 radical (unpaired) electrons. The molecule has 0 bridgehead atoms. The number of benzene rings is 2. The number of carbonyl (C=O) groups excluding carboxylic acids is 3. The van der Waals surface area contributed by atoms with Crippen LogP contribution in [0.4, 0.5) is 0 Å². The average molecular weight is 510 g/mol.